The van der Waals surface area contributed by atoms with Crippen molar-refractivity contribution < 1.29 is 13.9 Å². The van der Waals surface area contributed by atoms with E-state index < -0.39 is 23.6 Å². The number of carbonyl (C=O) groups excluding carboxylic acids is 1. The summed E-state index contributed by atoms with van der Waals surface area (Å²) in [6, 6.07) is 5.79. The largest absolute Gasteiger partial charge is 0.462 e. The monoisotopic (exact) mass is 417 g/mol. The Hall–Kier alpha value is -2.48. The average molecular weight is 418 g/mol. The second kappa shape index (κ2) is 8.90. The summed E-state index contributed by atoms with van der Waals surface area (Å²) in [6.45, 7) is 7.30. The zero-order valence-corrected chi connectivity index (χ0v) is 17.7. The number of nitrogens with one attached hydrogen (secondary N) is 1. The number of aromatic amines is 1. The Bertz CT molecular complexity index is 986. The van der Waals surface area contributed by atoms with Crippen LogP contribution in [-0.4, -0.2) is 33.5 Å². The van der Waals surface area contributed by atoms with Crippen LogP contribution in [0.5, 0.6) is 0 Å². The number of hydrogen-bond acceptors (Lipinski definition) is 6. The number of rotatable bonds is 6. The van der Waals surface area contributed by atoms with E-state index in [1.54, 1.807) is 32.9 Å². The summed E-state index contributed by atoms with van der Waals surface area (Å²) in [5.74, 6) is -1.19. The second-order valence-corrected chi connectivity index (χ2v) is 8.29. The van der Waals surface area contributed by atoms with Gasteiger partial charge in [-0.05, 0) is 44.9 Å². The molecule has 8 heteroatoms. The Morgan fingerprint density at radius 1 is 1.31 bits per heavy atom. The van der Waals surface area contributed by atoms with Crippen molar-refractivity contribution >= 4 is 29.3 Å². The molecule has 1 aliphatic heterocycles. The van der Waals surface area contributed by atoms with Crippen LogP contribution < -0.4 is 5.56 Å². The van der Waals surface area contributed by atoms with Crippen molar-refractivity contribution in [3.8, 4) is 0 Å². The molecule has 1 aromatic carbocycles. The number of ether oxygens (including phenoxy) is 1. The highest BCUT2D eigenvalue weighted by Crippen LogP contribution is 2.40. The van der Waals surface area contributed by atoms with Gasteiger partial charge in [0.25, 0.3) is 5.56 Å². The fraction of sp³-hybridized carbons (Fsp3) is 0.429. The van der Waals surface area contributed by atoms with Gasteiger partial charge in [-0.1, -0.05) is 30.8 Å². The Balaban J connectivity index is 2.16. The van der Waals surface area contributed by atoms with Crippen molar-refractivity contribution in [2.75, 3.05) is 5.75 Å². The minimum Gasteiger partial charge on any atom is -0.462 e. The lowest BCUT2D eigenvalue weighted by Crippen LogP contribution is -2.37. The molecule has 2 atom stereocenters. The number of benzene rings is 1. The summed E-state index contributed by atoms with van der Waals surface area (Å²) in [5.41, 5.74) is 1.10. The van der Waals surface area contributed by atoms with Gasteiger partial charge in [-0.15, -0.1) is 0 Å². The summed E-state index contributed by atoms with van der Waals surface area (Å²) >= 11 is 1.45. The first-order valence-corrected chi connectivity index (χ1v) is 10.6. The smallest absolute Gasteiger partial charge is 0.315 e. The number of aliphatic imine (C=N–C) groups is 1. The van der Waals surface area contributed by atoms with Gasteiger partial charge >= 0.3 is 5.97 Å². The molecule has 0 bridgehead atoms. The number of H-pyrrole nitrogens is 1. The van der Waals surface area contributed by atoms with E-state index in [0.29, 0.717) is 27.8 Å². The maximum Gasteiger partial charge on any atom is 0.315 e. The van der Waals surface area contributed by atoms with Crippen molar-refractivity contribution in [1.82, 2.24) is 9.97 Å². The normalized spacial score (nSPS) is 18.3. The maximum atomic E-state index is 13.5. The van der Waals surface area contributed by atoms with Crippen LogP contribution in [0.2, 0.25) is 0 Å². The third kappa shape index (κ3) is 4.58. The highest BCUT2D eigenvalue weighted by molar-refractivity contribution is 7.99. The molecule has 1 aliphatic rings. The molecule has 1 aromatic heterocycles. The minimum atomic E-state index is -0.785. The van der Waals surface area contributed by atoms with Crippen molar-refractivity contribution in [2.24, 2.45) is 10.9 Å². The lowest BCUT2D eigenvalue weighted by atomic mass is 9.77. The number of aromatic nitrogens is 2. The Labute approximate surface area is 173 Å². The number of thioether (sulfide) groups is 1. The molecular formula is C21H24FN3O3S. The van der Waals surface area contributed by atoms with E-state index in [-0.39, 0.29) is 11.7 Å². The highest BCUT2D eigenvalue weighted by atomic mass is 32.2. The molecule has 0 radical (unpaired) electrons. The molecule has 0 fully saturated rings. The number of hydrogen-bond donors (Lipinski definition) is 1. The molecule has 0 saturated heterocycles. The molecule has 2 unspecified atom stereocenters. The summed E-state index contributed by atoms with van der Waals surface area (Å²) in [7, 11) is 0. The number of fused-ring (bicyclic) bond motifs is 1. The van der Waals surface area contributed by atoms with Crippen LogP contribution in [0, 0.1) is 11.7 Å². The molecule has 0 saturated carbocycles. The first-order valence-electron chi connectivity index (χ1n) is 9.60. The topological polar surface area (TPSA) is 84.4 Å². The van der Waals surface area contributed by atoms with Crippen LogP contribution in [0.15, 0.2) is 39.2 Å². The molecule has 0 amide bonds. The van der Waals surface area contributed by atoms with Gasteiger partial charge in [0.1, 0.15) is 11.7 Å². The third-order valence-corrected chi connectivity index (χ3v) is 5.65. The van der Waals surface area contributed by atoms with E-state index in [4.69, 9.17) is 4.74 Å². The molecule has 0 aliphatic carbocycles. The number of carbonyl (C=O) groups is 1. The highest BCUT2D eigenvalue weighted by Gasteiger charge is 2.41. The summed E-state index contributed by atoms with van der Waals surface area (Å²) in [4.78, 5) is 37.7. The van der Waals surface area contributed by atoms with E-state index in [2.05, 4.69) is 15.0 Å². The van der Waals surface area contributed by atoms with E-state index in [9.17, 15) is 14.0 Å². The predicted octanol–water partition coefficient (Wildman–Crippen LogP) is 4.22. The molecule has 2 heterocycles. The van der Waals surface area contributed by atoms with Gasteiger partial charge in [0.2, 0.25) is 0 Å². The summed E-state index contributed by atoms with van der Waals surface area (Å²) in [5, 5.41) is 0.494. The quantitative estimate of drug-likeness (QED) is 0.432. The van der Waals surface area contributed by atoms with Gasteiger partial charge < -0.3 is 9.72 Å². The minimum absolute atomic E-state index is 0.299. The van der Waals surface area contributed by atoms with Crippen LogP contribution in [-0.2, 0) is 9.53 Å². The molecule has 1 N–H and O–H groups in total. The van der Waals surface area contributed by atoms with Crippen LogP contribution in [0.25, 0.3) is 0 Å². The van der Waals surface area contributed by atoms with Gasteiger partial charge in [-0.25, -0.2) is 14.4 Å². The van der Waals surface area contributed by atoms with Crippen LogP contribution in [0.1, 0.15) is 51.2 Å². The van der Waals surface area contributed by atoms with E-state index in [0.717, 1.165) is 12.2 Å². The van der Waals surface area contributed by atoms with Crippen LogP contribution in [0.4, 0.5) is 10.2 Å². The first kappa shape index (κ1) is 21.2. The lowest BCUT2D eigenvalue weighted by molar-refractivity contribution is -0.150. The number of halogens is 1. The summed E-state index contributed by atoms with van der Waals surface area (Å²) < 4.78 is 18.9. The molecule has 2 aromatic rings. The fourth-order valence-electron chi connectivity index (χ4n) is 3.37. The predicted molar refractivity (Wildman–Crippen MR) is 112 cm³/mol. The molecule has 29 heavy (non-hydrogen) atoms. The molecular weight excluding hydrogens is 393 g/mol. The van der Waals surface area contributed by atoms with E-state index >= 15 is 0 Å². The van der Waals surface area contributed by atoms with Gasteiger partial charge in [0.05, 0.1) is 11.7 Å². The fourth-order valence-corrected chi connectivity index (χ4v) is 4.08. The standard InChI is InChI=1S/C21H24FN3O3S/c1-5-10-29-21-24-18-17(19(26)25-21)16(13-6-8-14(22)9-7-13)15(12(4)23-18)20(27)28-11(2)3/h6-9,11,15-16H,5,10H2,1-4H3,(H,24,25,26). The third-order valence-electron chi connectivity index (χ3n) is 4.57. The maximum absolute atomic E-state index is 13.5. The first-order chi connectivity index (χ1) is 13.8. The number of esters is 1. The average Bonchev–Trinajstić information content (AvgIpc) is 2.65. The molecule has 154 valence electrons. The zero-order chi connectivity index (χ0) is 21.1. The van der Waals surface area contributed by atoms with Gasteiger partial charge in [0.15, 0.2) is 11.0 Å². The molecule has 0 spiro atoms. The van der Waals surface area contributed by atoms with E-state index in [1.165, 1.54) is 23.9 Å². The lowest BCUT2D eigenvalue weighted by Gasteiger charge is -2.30. The molecule has 6 nitrogen and oxygen atoms in total. The zero-order valence-electron chi connectivity index (χ0n) is 16.9. The van der Waals surface area contributed by atoms with E-state index in [1.807, 2.05) is 6.92 Å². The number of nitrogens with zero attached hydrogens (tertiary/aromatic N) is 2. The van der Waals surface area contributed by atoms with Crippen molar-refractivity contribution in [3.63, 3.8) is 0 Å². The van der Waals surface area contributed by atoms with Crippen molar-refractivity contribution in [3.05, 3.63) is 51.6 Å². The SMILES string of the molecule is CCCSc1nc2c(c(=O)[nH]1)C(c1ccc(F)cc1)C(C(=O)OC(C)C)C(C)=N2. The van der Waals surface area contributed by atoms with Crippen molar-refractivity contribution in [2.45, 2.75) is 51.3 Å². The van der Waals surface area contributed by atoms with Crippen LogP contribution in [0.3, 0.4) is 0 Å². The molecule has 3 rings (SSSR count). The van der Waals surface area contributed by atoms with Gasteiger partial charge in [-0.3, -0.25) is 9.59 Å². The second-order valence-electron chi connectivity index (χ2n) is 7.20. The van der Waals surface area contributed by atoms with Gasteiger partial charge in [-0.2, -0.15) is 0 Å². The Morgan fingerprint density at radius 3 is 2.62 bits per heavy atom. The Kier molecular flexibility index (Phi) is 6.52. The van der Waals surface area contributed by atoms with Crippen molar-refractivity contribution in [1.29, 1.82) is 0 Å². The van der Waals surface area contributed by atoms with Gasteiger partial charge in [0, 0.05) is 17.4 Å². The summed E-state index contributed by atoms with van der Waals surface area (Å²) in [6.07, 6.45) is 0.629. The Morgan fingerprint density at radius 2 is 2.00 bits per heavy atom. The van der Waals surface area contributed by atoms with Crippen LogP contribution >= 0.6 is 11.8 Å².